The molecular weight excluding hydrogens is 410 g/mol. The minimum Gasteiger partial charge on any atom is -0.497 e. The van der Waals surface area contributed by atoms with Crippen molar-refractivity contribution in [1.29, 1.82) is 0 Å². The molecule has 2 aromatic rings. The molecule has 2 aliphatic heterocycles. The third kappa shape index (κ3) is 5.47. The lowest BCUT2D eigenvalue weighted by molar-refractivity contribution is -0.145. The van der Waals surface area contributed by atoms with Crippen LogP contribution < -0.4 is 15.4 Å². The fourth-order valence-electron chi connectivity index (χ4n) is 3.40. The molecule has 0 aromatic heterocycles. The maximum Gasteiger partial charge on any atom is 0.326 e. The Labute approximate surface area is 186 Å². The van der Waals surface area contributed by atoms with Gasteiger partial charge in [-0.05, 0) is 29.3 Å². The minimum absolute atomic E-state index is 0.161. The lowest BCUT2D eigenvalue weighted by atomic mass is 10.2. The molecule has 0 spiro atoms. The number of methoxy groups -OCH3 is 1. The second-order valence-corrected chi connectivity index (χ2v) is 7.44. The largest absolute Gasteiger partial charge is 0.497 e. The van der Waals surface area contributed by atoms with Crippen molar-refractivity contribution in [3.8, 4) is 5.75 Å². The van der Waals surface area contributed by atoms with Crippen molar-refractivity contribution in [2.24, 2.45) is 0 Å². The molecule has 0 saturated carbocycles. The highest BCUT2D eigenvalue weighted by Crippen LogP contribution is 2.20. The van der Waals surface area contributed by atoms with E-state index < -0.39 is 5.97 Å². The Balaban J connectivity index is 1.27. The van der Waals surface area contributed by atoms with Gasteiger partial charge in [0.05, 0.1) is 20.3 Å². The smallest absolute Gasteiger partial charge is 0.326 e. The summed E-state index contributed by atoms with van der Waals surface area (Å²) >= 11 is 0. The third-order valence-electron chi connectivity index (χ3n) is 5.06. The highest BCUT2D eigenvalue weighted by atomic mass is 16.5. The molecule has 2 amide bonds. The van der Waals surface area contributed by atoms with Crippen LogP contribution in [0.5, 0.6) is 5.75 Å². The number of carbonyl (C=O) groups excluding carboxylic acids is 2. The van der Waals surface area contributed by atoms with E-state index in [0.717, 1.165) is 28.1 Å². The van der Waals surface area contributed by atoms with Gasteiger partial charge in [0.1, 0.15) is 25.1 Å². The van der Waals surface area contributed by atoms with Crippen molar-refractivity contribution in [3.63, 3.8) is 0 Å². The first-order chi connectivity index (χ1) is 15.6. The maximum absolute atomic E-state index is 12.4. The van der Waals surface area contributed by atoms with E-state index in [1.165, 1.54) is 4.90 Å². The fourth-order valence-corrected chi connectivity index (χ4v) is 3.40. The summed E-state index contributed by atoms with van der Waals surface area (Å²) in [5, 5.41) is 6.06. The summed E-state index contributed by atoms with van der Waals surface area (Å²) in [5.41, 5.74) is 3.63. The molecule has 8 heteroatoms. The first-order valence-corrected chi connectivity index (χ1v) is 10.3. The number of ether oxygens (including phenoxy) is 3. The van der Waals surface area contributed by atoms with E-state index in [2.05, 4.69) is 10.6 Å². The van der Waals surface area contributed by atoms with Crippen molar-refractivity contribution < 1.29 is 23.8 Å². The molecule has 4 rings (SSSR count). The number of fused-ring (bicyclic) bond motifs is 1. The number of esters is 1. The maximum atomic E-state index is 12.4. The van der Waals surface area contributed by atoms with E-state index >= 15 is 0 Å². The Morgan fingerprint density at radius 2 is 1.72 bits per heavy atom. The Kier molecular flexibility index (Phi) is 6.72. The van der Waals surface area contributed by atoms with Gasteiger partial charge in [0.2, 0.25) is 0 Å². The SMILES string of the molecule is COc1ccc(COCC2=CC3=CN(CC(=O)OCc4ccccc4)C(=O)NC3N2)cc1. The van der Waals surface area contributed by atoms with E-state index in [0.29, 0.717) is 13.2 Å². The van der Waals surface area contributed by atoms with Crippen LogP contribution in [-0.4, -0.2) is 43.3 Å². The first kappa shape index (κ1) is 21.5. The average molecular weight is 435 g/mol. The average Bonchev–Trinajstić information content (AvgIpc) is 3.20. The molecule has 0 aliphatic carbocycles. The van der Waals surface area contributed by atoms with Crippen molar-refractivity contribution in [2.45, 2.75) is 19.4 Å². The molecule has 1 unspecified atom stereocenters. The first-order valence-electron chi connectivity index (χ1n) is 10.3. The third-order valence-corrected chi connectivity index (χ3v) is 5.06. The molecule has 2 N–H and O–H groups in total. The number of hydrogen-bond acceptors (Lipinski definition) is 6. The number of amides is 2. The van der Waals surface area contributed by atoms with Crippen LogP contribution in [0.25, 0.3) is 0 Å². The summed E-state index contributed by atoms with van der Waals surface area (Å²) in [5.74, 6) is 0.325. The molecule has 2 aromatic carbocycles. The van der Waals surface area contributed by atoms with Gasteiger partial charge < -0.3 is 24.8 Å². The lowest BCUT2D eigenvalue weighted by Crippen LogP contribution is -2.52. The summed E-state index contributed by atoms with van der Waals surface area (Å²) in [6.07, 6.45) is 3.25. The highest BCUT2D eigenvalue weighted by molar-refractivity contribution is 5.83. The number of hydrogen-bond donors (Lipinski definition) is 2. The number of urea groups is 1. The van der Waals surface area contributed by atoms with E-state index in [1.54, 1.807) is 13.3 Å². The summed E-state index contributed by atoms with van der Waals surface area (Å²) in [4.78, 5) is 25.9. The van der Waals surface area contributed by atoms with Crippen LogP contribution in [-0.2, 0) is 27.5 Å². The molecule has 8 nitrogen and oxygen atoms in total. The lowest BCUT2D eigenvalue weighted by Gasteiger charge is -2.28. The predicted molar refractivity (Wildman–Crippen MR) is 117 cm³/mol. The zero-order valence-electron chi connectivity index (χ0n) is 17.7. The standard InChI is InChI=1S/C24H25N3O5/c1-30-21-9-7-18(8-10-21)14-31-16-20-11-19-12-27(24(29)26-23(19)25-20)13-22(28)32-15-17-5-3-2-4-6-17/h2-12,23,25H,13-16H2,1H3,(H,26,29). The molecule has 2 heterocycles. The quantitative estimate of drug-likeness (QED) is 0.589. The van der Waals surface area contributed by atoms with Crippen molar-refractivity contribution in [2.75, 3.05) is 20.3 Å². The number of carbonyl (C=O) groups is 2. The topological polar surface area (TPSA) is 89.1 Å². The fraction of sp³-hybridized carbons (Fsp3) is 0.250. The predicted octanol–water partition coefficient (Wildman–Crippen LogP) is 2.68. The van der Waals surface area contributed by atoms with Crippen LogP contribution in [0.2, 0.25) is 0 Å². The van der Waals surface area contributed by atoms with Crippen LogP contribution in [0, 0.1) is 0 Å². The van der Waals surface area contributed by atoms with Gasteiger partial charge >= 0.3 is 12.0 Å². The van der Waals surface area contributed by atoms with Gasteiger partial charge in [0, 0.05) is 17.5 Å². The molecule has 0 fully saturated rings. The van der Waals surface area contributed by atoms with Crippen molar-refractivity contribution in [1.82, 2.24) is 15.5 Å². The molecule has 1 atom stereocenters. The van der Waals surface area contributed by atoms with Gasteiger partial charge in [-0.2, -0.15) is 0 Å². The molecule has 0 saturated heterocycles. The Morgan fingerprint density at radius 1 is 0.969 bits per heavy atom. The normalized spacial score (nSPS) is 17.0. The van der Waals surface area contributed by atoms with E-state index in [-0.39, 0.29) is 25.3 Å². The summed E-state index contributed by atoms with van der Waals surface area (Å²) in [6, 6.07) is 16.7. The molecule has 0 radical (unpaired) electrons. The second-order valence-electron chi connectivity index (χ2n) is 7.44. The highest BCUT2D eigenvalue weighted by Gasteiger charge is 2.31. The molecule has 32 heavy (non-hydrogen) atoms. The van der Waals surface area contributed by atoms with Gasteiger partial charge in [-0.25, -0.2) is 4.79 Å². The van der Waals surface area contributed by atoms with Crippen molar-refractivity contribution >= 4 is 12.0 Å². The number of rotatable bonds is 9. The number of nitrogens with zero attached hydrogens (tertiary/aromatic N) is 1. The van der Waals surface area contributed by atoms with Gasteiger partial charge in [0.25, 0.3) is 0 Å². The summed E-state index contributed by atoms with van der Waals surface area (Å²) in [6.45, 7) is 0.838. The molecule has 166 valence electrons. The Bertz CT molecular complexity index is 1020. The van der Waals surface area contributed by atoms with Crippen LogP contribution in [0.1, 0.15) is 11.1 Å². The minimum atomic E-state index is -0.475. The summed E-state index contributed by atoms with van der Waals surface area (Å²) < 4.78 is 16.2. The van der Waals surface area contributed by atoms with Gasteiger partial charge in [-0.1, -0.05) is 42.5 Å². The zero-order chi connectivity index (χ0) is 22.3. The molecule has 0 bridgehead atoms. The molecular formula is C24H25N3O5. The summed E-state index contributed by atoms with van der Waals surface area (Å²) in [7, 11) is 1.63. The monoisotopic (exact) mass is 435 g/mol. The van der Waals surface area contributed by atoms with Gasteiger partial charge in [-0.3, -0.25) is 9.69 Å². The van der Waals surface area contributed by atoms with Crippen LogP contribution in [0.4, 0.5) is 4.79 Å². The van der Waals surface area contributed by atoms with Crippen molar-refractivity contribution in [3.05, 3.63) is 89.3 Å². The van der Waals surface area contributed by atoms with E-state index in [1.807, 2.05) is 60.7 Å². The van der Waals surface area contributed by atoms with Crippen LogP contribution >= 0.6 is 0 Å². The van der Waals surface area contributed by atoms with Crippen LogP contribution in [0.15, 0.2) is 78.1 Å². The Morgan fingerprint density at radius 3 is 2.47 bits per heavy atom. The van der Waals surface area contributed by atoms with E-state index in [9.17, 15) is 9.59 Å². The second kappa shape index (κ2) is 10.0. The molecule has 2 aliphatic rings. The zero-order valence-corrected chi connectivity index (χ0v) is 17.7. The van der Waals surface area contributed by atoms with Gasteiger partial charge in [-0.15, -0.1) is 0 Å². The number of nitrogens with one attached hydrogen (secondary N) is 2. The van der Waals surface area contributed by atoms with Gasteiger partial charge in [0.15, 0.2) is 0 Å². The van der Waals surface area contributed by atoms with E-state index in [4.69, 9.17) is 14.2 Å². The van der Waals surface area contributed by atoms with Crippen LogP contribution in [0.3, 0.4) is 0 Å². The number of benzene rings is 2. The Hall–Kier alpha value is -3.78.